The first-order chi connectivity index (χ1) is 13.9. The number of nitrogens with one attached hydrogen (secondary N) is 1. The van der Waals surface area contributed by atoms with Crippen LogP contribution in [-0.2, 0) is 16.6 Å². The van der Waals surface area contributed by atoms with Crippen LogP contribution in [-0.4, -0.2) is 28.2 Å². The number of aromatic nitrogens is 2. The average molecular weight is 391 g/mol. The first-order valence-corrected chi connectivity index (χ1v) is 8.94. The molecule has 0 saturated carbocycles. The molecule has 7 nitrogen and oxygen atoms in total. The molecule has 0 bridgehead atoms. The predicted octanol–water partition coefficient (Wildman–Crippen LogP) is 2.84. The summed E-state index contributed by atoms with van der Waals surface area (Å²) in [6, 6.07) is 17.7. The Kier molecular flexibility index (Phi) is 5.78. The van der Waals surface area contributed by atoms with Crippen LogP contribution in [0.2, 0.25) is 0 Å². The number of benzene rings is 2. The molecule has 0 atom stereocenters. The Labute approximate surface area is 167 Å². The number of hydrogen-bond donors (Lipinski definition) is 1. The summed E-state index contributed by atoms with van der Waals surface area (Å²) in [5.41, 5.74) is 1.42. The highest BCUT2D eigenvalue weighted by Crippen LogP contribution is 2.17. The van der Waals surface area contributed by atoms with Gasteiger partial charge in [0.1, 0.15) is 11.4 Å². The molecule has 29 heavy (non-hydrogen) atoms. The molecule has 148 valence electrons. The lowest BCUT2D eigenvalue weighted by atomic mass is 10.1. The summed E-state index contributed by atoms with van der Waals surface area (Å²) in [4.78, 5) is 37.8. The minimum Gasteiger partial charge on any atom is -0.464 e. The Morgan fingerprint density at radius 1 is 1.00 bits per heavy atom. The second-order valence-corrected chi connectivity index (χ2v) is 6.34. The van der Waals surface area contributed by atoms with Crippen molar-refractivity contribution in [3.8, 4) is 5.69 Å². The van der Waals surface area contributed by atoms with Gasteiger partial charge in [-0.1, -0.05) is 48.5 Å². The molecule has 1 aromatic heterocycles. The molecule has 0 radical (unpaired) electrons. The summed E-state index contributed by atoms with van der Waals surface area (Å²) < 4.78 is 7.94. The minimum absolute atomic E-state index is 0.118. The highest BCUT2D eigenvalue weighted by Gasteiger charge is 2.21. The number of carbonyl (C=O) groups is 2. The molecule has 1 N–H and O–H groups in total. The lowest BCUT2D eigenvalue weighted by Crippen LogP contribution is -2.22. The maximum absolute atomic E-state index is 13.0. The first-order valence-electron chi connectivity index (χ1n) is 8.94. The lowest BCUT2D eigenvalue weighted by Gasteiger charge is -2.08. The number of hydrogen-bond acceptors (Lipinski definition) is 5. The molecule has 0 saturated heterocycles. The van der Waals surface area contributed by atoms with E-state index in [9.17, 15) is 14.4 Å². The third kappa shape index (κ3) is 4.03. The maximum Gasteiger partial charge on any atom is 0.354 e. The quantitative estimate of drug-likeness (QED) is 0.397. The number of methoxy groups -OCH3 is 1. The smallest absolute Gasteiger partial charge is 0.354 e. The van der Waals surface area contributed by atoms with Gasteiger partial charge in [0, 0.05) is 18.7 Å². The van der Waals surface area contributed by atoms with Gasteiger partial charge in [0.2, 0.25) is 0 Å². The monoisotopic (exact) mass is 391 g/mol. The van der Waals surface area contributed by atoms with E-state index in [2.05, 4.69) is 5.32 Å². The molecule has 0 aliphatic rings. The highest BCUT2D eigenvalue weighted by atomic mass is 16.5. The number of allylic oxidation sites excluding steroid dienone is 1. The van der Waals surface area contributed by atoms with Crippen molar-refractivity contribution in [1.82, 2.24) is 9.36 Å². The summed E-state index contributed by atoms with van der Waals surface area (Å²) in [6.45, 7) is 1.75. The standard InChI is InChI=1S/C22H21N3O4/c1-15-20(21(27)25(24(15)2)17-12-8-5-9-13-17)23-18(22(28)29-3)14-19(26)16-10-6-4-7-11-16/h4-14,23H,1-3H3/b18-14+. The van der Waals surface area contributed by atoms with Gasteiger partial charge in [-0.2, -0.15) is 0 Å². The molecule has 1 heterocycles. The molecule has 0 fully saturated rings. The van der Waals surface area contributed by atoms with Crippen molar-refractivity contribution in [1.29, 1.82) is 0 Å². The van der Waals surface area contributed by atoms with E-state index >= 15 is 0 Å². The molecule has 0 amide bonds. The van der Waals surface area contributed by atoms with E-state index in [0.717, 1.165) is 6.08 Å². The highest BCUT2D eigenvalue weighted by molar-refractivity contribution is 6.09. The van der Waals surface area contributed by atoms with E-state index in [1.807, 2.05) is 18.2 Å². The van der Waals surface area contributed by atoms with Crippen molar-refractivity contribution in [2.75, 3.05) is 12.4 Å². The second kappa shape index (κ2) is 8.43. The van der Waals surface area contributed by atoms with Gasteiger partial charge in [0.15, 0.2) is 5.78 Å². The van der Waals surface area contributed by atoms with Crippen molar-refractivity contribution in [3.63, 3.8) is 0 Å². The molecular weight excluding hydrogens is 370 g/mol. The number of rotatable bonds is 6. The summed E-state index contributed by atoms with van der Waals surface area (Å²) in [6.07, 6.45) is 1.14. The van der Waals surface area contributed by atoms with Gasteiger partial charge in [0.05, 0.1) is 18.5 Å². The number of ether oxygens (including phenoxy) is 1. The van der Waals surface area contributed by atoms with Crippen molar-refractivity contribution < 1.29 is 14.3 Å². The number of nitrogens with zero attached hydrogens (tertiary/aromatic N) is 2. The van der Waals surface area contributed by atoms with E-state index in [0.29, 0.717) is 16.9 Å². The molecule has 7 heteroatoms. The Hall–Kier alpha value is -3.87. The fourth-order valence-electron chi connectivity index (χ4n) is 2.92. The van der Waals surface area contributed by atoms with Crippen molar-refractivity contribution in [2.45, 2.75) is 6.92 Å². The zero-order valence-corrected chi connectivity index (χ0v) is 16.4. The maximum atomic E-state index is 13.0. The third-order valence-corrected chi connectivity index (χ3v) is 4.55. The Morgan fingerprint density at radius 2 is 1.59 bits per heavy atom. The Balaban J connectivity index is 2.03. The van der Waals surface area contributed by atoms with Crippen LogP contribution >= 0.6 is 0 Å². The van der Waals surface area contributed by atoms with E-state index in [1.165, 1.54) is 11.8 Å². The minimum atomic E-state index is -0.747. The summed E-state index contributed by atoms with van der Waals surface area (Å²) in [5, 5.41) is 2.81. The molecular formula is C22H21N3O4. The second-order valence-electron chi connectivity index (χ2n) is 6.34. The van der Waals surface area contributed by atoms with Gasteiger partial charge < -0.3 is 10.1 Å². The normalized spacial score (nSPS) is 11.2. The van der Waals surface area contributed by atoms with E-state index in [1.54, 1.807) is 61.1 Å². The van der Waals surface area contributed by atoms with Gasteiger partial charge in [-0.25, -0.2) is 9.48 Å². The van der Waals surface area contributed by atoms with Crippen LogP contribution in [0.5, 0.6) is 0 Å². The number of para-hydroxylation sites is 1. The summed E-state index contributed by atoms with van der Waals surface area (Å²) in [5.74, 6) is -1.13. The third-order valence-electron chi connectivity index (χ3n) is 4.55. The number of anilines is 1. The van der Waals surface area contributed by atoms with Crippen molar-refractivity contribution >= 4 is 17.4 Å². The topological polar surface area (TPSA) is 82.3 Å². The zero-order valence-electron chi connectivity index (χ0n) is 16.4. The van der Waals surface area contributed by atoms with Gasteiger partial charge in [-0.3, -0.25) is 14.3 Å². The first kappa shape index (κ1) is 19.9. The van der Waals surface area contributed by atoms with Gasteiger partial charge >= 0.3 is 5.97 Å². The van der Waals surface area contributed by atoms with Crippen LogP contribution in [0.4, 0.5) is 5.69 Å². The van der Waals surface area contributed by atoms with E-state index in [-0.39, 0.29) is 22.7 Å². The van der Waals surface area contributed by atoms with Crippen molar-refractivity contribution in [3.05, 3.63) is 94.0 Å². The van der Waals surface area contributed by atoms with Gasteiger partial charge in [-0.05, 0) is 19.1 Å². The molecule has 3 aromatic rings. The van der Waals surface area contributed by atoms with Crippen LogP contribution in [0.1, 0.15) is 16.1 Å². The Morgan fingerprint density at radius 3 is 2.17 bits per heavy atom. The van der Waals surface area contributed by atoms with E-state index in [4.69, 9.17) is 4.74 Å². The molecule has 3 rings (SSSR count). The number of esters is 1. The molecule has 0 aliphatic heterocycles. The molecule has 0 spiro atoms. The molecule has 0 aliphatic carbocycles. The zero-order chi connectivity index (χ0) is 21.0. The van der Waals surface area contributed by atoms with Crippen LogP contribution in [0.25, 0.3) is 5.69 Å². The van der Waals surface area contributed by atoms with Gasteiger partial charge in [-0.15, -0.1) is 0 Å². The van der Waals surface area contributed by atoms with Crippen LogP contribution in [0.3, 0.4) is 0 Å². The predicted molar refractivity (Wildman–Crippen MR) is 110 cm³/mol. The average Bonchev–Trinajstić information content (AvgIpc) is 2.96. The Bertz CT molecular complexity index is 1130. The summed E-state index contributed by atoms with van der Waals surface area (Å²) >= 11 is 0. The van der Waals surface area contributed by atoms with Crippen LogP contribution in [0, 0.1) is 6.92 Å². The molecule has 2 aromatic carbocycles. The fraction of sp³-hybridized carbons (Fsp3) is 0.136. The van der Waals surface area contributed by atoms with Crippen LogP contribution in [0.15, 0.2) is 77.2 Å². The van der Waals surface area contributed by atoms with Crippen LogP contribution < -0.4 is 10.9 Å². The molecule has 0 unspecified atom stereocenters. The SMILES string of the molecule is COC(=O)/C(=C\C(=O)c1ccccc1)Nc1c(C)n(C)n(-c2ccccc2)c1=O. The lowest BCUT2D eigenvalue weighted by molar-refractivity contribution is -0.135. The van der Waals surface area contributed by atoms with Gasteiger partial charge in [0.25, 0.3) is 5.56 Å². The van der Waals surface area contributed by atoms with Crippen molar-refractivity contribution in [2.24, 2.45) is 7.05 Å². The number of carbonyl (C=O) groups excluding carboxylic acids is 2. The fourth-order valence-corrected chi connectivity index (χ4v) is 2.92. The summed E-state index contributed by atoms with van der Waals surface area (Å²) in [7, 11) is 2.95. The number of ketones is 1. The van der Waals surface area contributed by atoms with E-state index < -0.39 is 5.97 Å². The largest absolute Gasteiger partial charge is 0.464 e.